The highest BCUT2D eigenvalue weighted by Gasteiger charge is 2.30. The van der Waals surface area contributed by atoms with E-state index in [1.165, 1.54) is 0 Å². The van der Waals surface area contributed by atoms with Crippen LogP contribution in [0.2, 0.25) is 0 Å². The Balaban J connectivity index is 1.38. The number of nitrogens with one attached hydrogen (secondary N) is 2. The zero-order valence-electron chi connectivity index (χ0n) is 22.1. The van der Waals surface area contributed by atoms with E-state index in [0.29, 0.717) is 5.39 Å². The van der Waals surface area contributed by atoms with E-state index in [1.54, 1.807) is 29.5 Å². The first-order valence-corrected chi connectivity index (χ1v) is 15.7. The zero-order chi connectivity index (χ0) is 28.2. The van der Waals surface area contributed by atoms with Gasteiger partial charge in [0.15, 0.2) is 0 Å². The largest absolute Gasteiger partial charge is 0.344 e. The van der Waals surface area contributed by atoms with Crippen LogP contribution in [0.15, 0.2) is 138 Å². The molecule has 5 nitrogen and oxygen atoms in total. The normalized spacial score (nSPS) is 12.5. The Morgan fingerprint density at radius 2 is 1.27 bits per heavy atom. The van der Waals surface area contributed by atoms with Gasteiger partial charge >= 0.3 is 0 Å². The second-order valence-corrected chi connectivity index (χ2v) is 12.5. The number of benzene rings is 5. The Morgan fingerprint density at radius 3 is 1.98 bits per heavy atom. The van der Waals surface area contributed by atoms with E-state index in [4.69, 9.17) is 0 Å². The lowest BCUT2D eigenvalue weighted by atomic mass is 9.97. The highest BCUT2D eigenvalue weighted by molar-refractivity contribution is 7.89. The maximum absolute atomic E-state index is 14.1. The van der Waals surface area contributed by atoms with Crippen molar-refractivity contribution in [1.29, 1.82) is 0 Å². The predicted molar refractivity (Wildman–Crippen MR) is 166 cm³/mol. The SMILES string of the molecule is O=C(NC(c1ccccc1)c1ccccc1)[C@@H](Cc1csc2ccccc12)NS(=O)(=O)c1cccc2ccccc12. The third kappa shape index (κ3) is 5.79. The van der Waals surface area contributed by atoms with Crippen molar-refractivity contribution in [3.05, 3.63) is 149 Å². The van der Waals surface area contributed by atoms with Crippen LogP contribution in [-0.2, 0) is 21.2 Å². The molecule has 7 heteroatoms. The van der Waals surface area contributed by atoms with Gasteiger partial charge in [-0.05, 0) is 51.4 Å². The van der Waals surface area contributed by atoms with Gasteiger partial charge in [0.1, 0.15) is 6.04 Å². The van der Waals surface area contributed by atoms with Crippen LogP contribution < -0.4 is 10.0 Å². The summed E-state index contributed by atoms with van der Waals surface area (Å²) in [5, 5.41) is 7.60. The van der Waals surface area contributed by atoms with Gasteiger partial charge in [-0.15, -0.1) is 11.3 Å². The third-order valence-corrected chi connectivity index (χ3v) is 9.73. The molecule has 0 aliphatic heterocycles. The molecule has 1 amide bonds. The van der Waals surface area contributed by atoms with Crippen LogP contribution >= 0.6 is 11.3 Å². The number of amides is 1. The van der Waals surface area contributed by atoms with E-state index < -0.39 is 28.0 Å². The third-order valence-electron chi connectivity index (χ3n) is 7.19. The Bertz CT molecular complexity index is 1880. The molecule has 0 aliphatic carbocycles. The van der Waals surface area contributed by atoms with Crippen molar-refractivity contribution in [2.45, 2.75) is 23.4 Å². The fraction of sp³-hybridized carbons (Fsp3) is 0.0882. The van der Waals surface area contributed by atoms with E-state index in [9.17, 15) is 13.2 Å². The monoisotopic (exact) mass is 576 g/mol. The maximum Gasteiger partial charge on any atom is 0.241 e. The molecule has 6 rings (SSSR count). The summed E-state index contributed by atoms with van der Waals surface area (Å²) in [6.07, 6.45) is 0.205. The van der Waals surface area contributed by atoms with Crippen LogP contribution in [0.1, 0.15) is 22.7 Å². The summed E-state index contributed by atoms with van der Waals surface area (Å²) in [6, 6.07) is 38.4. The van der Waals surface area contributed by atoms with Gasteiger partial charge < -0.3 is 5.32 Å². The summed E-state index contributed by atoms with van der Waals surface area (Å²) in [6.45, 7) is 0. The smallest absolute Gasteiger partial charge is 0.241 e. The van der Waals surface area contributed by atoms with Gasteiger partial charge in [-0.3, -0.25) is 4.79 Å². The molecule has 41 heavy (non-hydrogen) atoms. The molecule has 0 radical (unpaired) electrons. The number of thiophene rings is 1. The Hall–Kier alpha value is -4.30. The van der Waals surface area contributed by atoms with Gasteiger partial charge in [-0.25, -0.2) is 8.42 Å². The Morgan fingerprint density at radius 1 is 0.683 bits per heavy atom. The summed E-state index contributed by atoms with van der Waals surface area (Å²) in [7, 11) is -4.06. The highest BCUT2D eigenvalue weighted by Crippen LogP contribution is 2.29. The number of carbonyl (C=O) groups excluding carboxylic acids is 1. The lowest BCUT2D eigenvalue weighted by Gasteiger charge is -2.24. The van der Waals surface area contributed by atoms with E-state index in [-0.39, 0.29) is 11.3 Å². The molecule has 1 aromatic heterocycles. The molecular weight excluding hydrogens is 549 g/mol. The van der Waals surface area contributed by atoms with Gasteiger partial charge in [0.25, 0.3) is 0 Å². The molecule has 0 spiro atoms. The van der Waals surface area contributed by atoms with Crippen molar-refractivity contribution in [3.8, 4) is 0 Å². The minimum Gasteiger partial charge on any atom is -0.344 e. The van der Waals surface area contributed by atoms with Crippen molar-refractivity contribution >= 4 is 48.1 Å². The van der Waals surface area contributed by atoms with Crippen LogP contribution in [0, 0.1) is 0 Å². The summed E-state index contributed by atoms with van der Waals surface area (Å²) >= 11 is 1.58. The standard InChI is InChI=1S/C34H28N2O3S2/c37-34(35-33(25-13-3-1-4-14-25)26-15-5-2-6-16-26)30(22-27-23-40-31-20-10-9-18-28(27)31)36-41(38,39)32-21-11-17-24-12-7-8-19-29(24)32/h1-21,23,30,33,36H,22H2,(H,35,37)/t30-/m1/s1. The molecule has 0 fully saturated rings. The summed E-state index contributed by atoms with van der Waals surface area (Å²) in [4.78, 5) is 14.2. The van der Waals surface area contributed by atoms with Crippen molar-refractivity contribution in [3.63, 3.8) is 0 Å². The molecule has 6 aromatic rings. The fourth-order valence-corrected chi connectivity index (χ4v) is 7.57. The number of sulfonamides is 1. The van der Waals surface area contributed by atoms with Crippen molar-refractivity contribution in [2.75, 3.05) is 0 Å². The summed E-state index contributed by atoms with van der Waals surface area (Å²) in [5.74, 6) is -0.401. The molecule has 1 heterocycles. The highest BCUT2D eigenvalue weighted by atomic mass is 32.2. The lowest BCUT2D eigenvalue weighted by Crippen LogP contribution is -2.49. The molecule has 5 aromatic carbocycles. The first-order valence-electron chi connectivity index (χ1n) is 13.3. The summed E-state index contributed by atoms with van der Waals surface area (Å²) in [5.41, 5.74) is 2.73. The number of rotatable bonds is 9. The molecule has 0 unspecified atom stereocenters. The first kappa shape index (κ1) is 26.9. The van der Waals surface area contributed by atoms with Crippen molar-refractivity contribution in [2.24, 2.45) is 0 Å². The van der Waals surface area contributed by atoms with E-state index >= 15 is 0 Å². The average Bonchev–Trinajstić information content (AvgIpc) is 3.42. The molecule has 0 bridgehead atoms. The molecule has 0 aliphatic rings. The Kier molecular flexibility index (Phi) is 7.65. The van der Waals surface area contributed by atoms with E-state index in [2.05, 4.69) is 10.0 Å². The predicted octanol–water partition coefficient (Wildman–Crippen LogP) is 6.85. The van der Waals surface area contributed by atoms with Crippen LogP contribution in [0.4, 0.5) is 0 Å². The molecule has 2 N–H and O–H groups in total. The minimum atomic E-state index is -4.06. The molecular formula is C34H28N2O3S2. The second kappa shape index (κ2) is 11.7. The lowest BCUT2D eigenvalue weighted by molar-refractivity contribution is -0.123. The van der Waals surface area contributed by atoms with Gasteiger partial charge in [-0.2, -0.15) is 4.72 Å². The van der Waals surface area contributed by atoms with Crippen molar-refractivity contribution < 1.29 is 13.2 Å². The number of hydrogen-bond acceptors (Lipinski definition) is 4. The van der Waals surface area contributed by atoms with E-state index in [0.717, 1.165) is 32.2 Å². The molecule has 1 atom stereocenters. The quantitative estimate of drug-likeness (QED) is 0.198. The molecule has 204 valence electrons. The number of fused-ring (bicyclic) bond motifs is 2. The van der Waals surface area contributed by atoms with Crippen LogP contribution in [0.3, 0.4) is 0 Å². The van der Waals surface area contributed by atoms with Gasteiger partial charge in [-0.1, -0.05) is 115 Å². The number of carbonyl (C=O) groups is 1. The second-order valence-electron chi connectivity index (χ2n) is 9.88. The van der Waals surface area contributed by atoms with Gasteiger partial charge in [0.2, 0.25) is 15.9 Å². The Labute approximate surface area is 243 Å². The van der Waals surface area contributed by atoms with Crippen LogP contribution in [-0.4, -0.2) is 20.4 Å². The molecule has 0 saturated carbocycles. The average molecular weight is 577 g/mol. The topological polar surface area (TPSA) is 75.3 Å². The van der Waals surface area contributed by atoms with Gasteiger partial charge in [0, 0.05) is 10.1 Å². The van der Waals surface area contributed by atoms with Crippen LogP contribution in [0.5, 0.6) is 0 Å². The summed E-state index contributed by atoms with van der Waals surface area (Å²) < 4.78 is 31.6. The molecule has 0 saturated heterocycles. The van der Waals surface area contributed by atoms with Crippen LogP contribution in [0.25, 0.3) is 20.9 Å². The first-order chi connectivity index (χ1) is 20.0. The zero-order valence-corrected chi connectivity index (χ0v) is 23.7. The minimum absolute atomic E-state index is 0.145. The maximum atomic E-state index is 14.1. The number of hydrogen-bond donors (Lipinski definition) is 2. The van der Waals surface area contributed by atoms with Gasteiger partial charge in [0.05, 0.1) is 10.9 Å². The van der Waals surface area contributed by atoms with Crippen molar-refractivity contribution in [1.82, 2.24) is 10.0 Å². The van der Waals surface area contributed by atoms with E-state index in [1.807, 2.05) is 115 Å². The fourth-order valence-electron chi connectivity index (χ4n) is 5.17.